The predicted octanol–water partition coefficient (Wildman–Crippen LogP) is 3.66. The maximum atomic E-state index is 11.9. The lowest BCUT2D eigenvalue weighted by Gasteiger charge is -2.49. The van der Waals surface area contributed by atoms with Crippen LogP contribution in [0, 0.1) is 0 Å². The summed E-state index contributed by atoms with van der Waals surface area (Å²) in [7, 11) is -1.91. The standard InChI is InChI=1S/C17H32N2O5Si/c1-5-14(24-25(6-2,7-3)8-4)15-13-10-9-12(19(13)17(22)23)11-18(15)16(20)21/h12-15H,5-11H2,1-4H3,(H,20,21)(H,22,23)/t12-,13+,14?,15+/m1/s1. The molecule has 25 heavy (non-hydrogen) atoms. The Morgan fingerprint density at radius 2 is 1.68 bits per heavy atom. The molecule has 2 aliphatic heterocycles. The summed E-state index contributed by atoms with van der Waals surface area (Å²) < 4.78 is 6.65. The van der Waals surface area contributed by atoms with Gasteiger partial charge in [0.15, 0.2) is 8.32 Å². The molecule has 1 unspecified atom stereocenters. The van der Waals surface area contributed by atoms with Crippen LogP contribution in [0.15, 0.2) is 0 Å². The minimum atomic E-state index is -1.91. The average Bonchev–Trinajstić information content (AvgIpc) is 2.92. The van der Waals surface area contributed by atoms with Crippen LogP contribution in [-0.4, -0.2) is 71.3 Å². The van der Waals surface area contributed by atoms with Crippen molar-refractivity contribution in [1.82, 2.24) is 9.80 Å². The SMILES string of the molecule is CCC(O[Si](CC)(CC)CC)[C@@H]1[C@@H]2CC[C@H](CN1C(=O)O)N2C(=O)O. The molecule has 0 aromatic rings. The largest absolute Gasteiger partial charge is 0.465 e. The number of nitrogens with zero attached hydrogens (tertiary/aromatic N) is 2. The first-order valence-electron chi connectivity index (χ1n) is 9.52. The average molecular weight is 373 g/mol. The second-order valence-electron chi connectivity index (χ2n) is 7.22. The van der Waals surface area contributed by atoms with Gasteiger partial charge in [-0.05, 0) is 37.4 Å². The number of hydrogen-bond donors (Lipinski definition) is 2. The van der Waals surface area contributed by atoms with Crippen LogP contribution >= 0.6 is 0 Å². The molecule has 2 heterocycles. The first-order chi connectivity index (χ1) is 11.8. The zero-order valence-electron chi connectivity index (χ0n) is 15.8. The van der Waals surface area contributed by atoms with E-state index in [-0.39, 0.29) is 24.7 Å². The van der Waals surface area contributed by atoms with Gasteiger partial charge in [-0.1, -0.05) is 27.7 Å². The van der Waals surface area contributed by atoms with E-state index in [4.69, 9.17) is 4.43 Å². The van der Waals surface area contributed by atoms with Gasteiger partial charge < -0.3 is 14.6 Å². The Morgan fingerprint density at radius 3 is 2.12 bits per heavy atom. The van der Waals surface area contributed by atoms with Crippen molar-refractivity contribution in [3.05, 3.63) is 0 Å². The van der Waals surface area contributed by atoms with E-state index in [0.717, 1.165) is 24.6 Å². The minimum Gasteiger partial charge on any atom is -0.465 e. The first kappa shape index (κ1) is 20.0. The van der Waals surface area contributed by atoms with Crippen molar-refractivity contribution in [3.8, 4) is 0 Å². The van der Waals surface area contributed by atoms with Crippen LogP contribution in [0.2, 0.25) is 18.1 Å². The Labute approximate surface area is 151 Å². The van der Waals surface area contributed by atoms with Gasteiger partial charge in [-0.2, -0.15) is 0 Å². The van der Waals surface area contributed by atoms with Gasteiger partial charge in [-0.25, -0.2) is 9.59 Å². The summed E-state index contributed by atoms with van der Waals surface area (Å²) in [6, 6.07) is 2.05. The summed E-state index contributed by atoms with van der Waals surface area (Å²) >= 11 is 0. The fourth-order valence-electron chi connectivity index (χ4n) is 4.65. The fraction of sp³-hybridized carbons (Fsp3) is 0.882. The second kappa shape index (κ2) is 7.95. The van der Waals surface area contributed by atoms with Crippen molar-refractivity contribution in [3.63, 3.8) is 0 Å². The van der Waals surface area contributed by atoms with E-state index in [9.17, 15) is 19.8 Å². The number of carboxylic acid groups (broad SMARTS) is 2. The second-order valence-corrected chi connectivity index (χ2v) is 11.9. The maximum Gasteiger partial charge on any atom is 0.407 e. The van der Waals surface area contributed by atoms with Crippen molar-refractivity contribution in [1.29, 1.82) is 0 Å². The lowest BCUT2D eigenvalue weighted by Crippen LogP contribution is -2.66. The summed E-state index contributed by atoms with van der Waals surface area (Å²) in [5.74, 6) is 0. The molecule has 0 spiro atoms. The first-order valence-corrected chi connectivity index (χ1v) is 12.1. The van der Waals surface area contributed by atoms with Crippen molar-refractivity contribution in [2.45, 2.75) is 89.3 Å². The summed E-state index contributed by atoms with van der Waals surface area (Å²) in [5.41, 5.74) is 0. The third kappa shape index (κ3) is 3.65. The Morgan fingerprint density at radius 1 is 1.08 bits per heavy atom. The quantitative estimate of drug-likeness (QED) is 0.666. The van der Waals surface area contributed by atoms with Crippen LogP contribution in [0.3, 0.4) is 0 Å². The highest BCUT2D eigenvalue weighted by molar-refractivity contribution is 6.73. The minimum absolute atomic E-state index is 0.224. The van der Waals surface area contributed by atoms with Crippen LogP contribution in [0.5, 0.6) is 0 Å². The van der Waals surface area contributed by atoms with Crippen LogP contribution in [0.4, 0.5) is 9.59 Å². The van der Waals surface area contributed by atoms with Gasteiger partial charge in [-0.3, -0.25) is 9.80 Å². The molecule has 8 heteroatoms. The van der Waals surface area contributed by atoms with E-state index in [1.165, 1.54) is 9.80 Å². The normalized spacial score (nSPS) is 27.4. The summed E-state index contributed by atoms with van der Waals surface area (Å²) in [5, 5.41) is 19.3. The van der Waals surface area contributed by atoms with Gasteiger partial charge in [-0.15, -0.1) is 0 Å². The van der Waals surface area contributed by atoms with Crippen molar-refractivity contribution >= 4 is 20.5 Å². The van der Waals surface area contributed by atoms with Gasteiger partial charge >= 0.3 is 12.2 Å². The van der Waals surface area contributed by atoms with Crippen molar-refractivity contribution in [2.24, 2.45) is 0 Å². The Hall–Kier alpha value is -1.28. The van der Waals surface area contributed by atoms with Gasteiger partial charge in [0.25, 0.3) is 0 Å². The number of carbonyl (C=O) groups is 2. The van der Waals surface area contributed by atoms with Crippen LogP contribution in [0.25, 0.3) is 0 Å². The van der Waals surface area contributed by atoms with Crippen LogP contribution < -0.4 is 0 Å². The molecule has 2 fully saturated rings. The molecular weight excluding hydrogens is 340 g/mol. The topological polar surface area (TPSA) is 90.3 Å². The van der Waals surface area contributed by atoms with Gasteiger partial charge in [0.2, 0.25) is 0 Å². The lowest BCUT2D eigenvalue weighted by molar-refractivity contribution is -0.0242. The predicted molar refractivity (Wildman–Crippen MR) is 97.6 cm³/mol. The molecule has 2 bridgehead atoms. The van der Waals surface area contributed by atoms with E-state index in [1.54, 1.807) is 0 Å². The van der Waals surface area contributed by atoms with Crippen molar-refractivity contribution in [2.75, 3.05) is 6.54 Å². The molecule has 0 aliphatic carbocycles. The van der Waals surface area contributed by atoms with E-state index < -0.39 is 26.5 Å². The Bertz CT molecular complexity index is 491. The molecule has 0 saturated carbocycles. The van der Waals surface area contributed by atoms with Crippen LogP contribution in [-0.2, 0) is 4.43 Å². The Kier molecular flexibility index (Phi) is 6.37. The molecule has 7 nitrogen and oxygen atoms in total. The number of amides is 2. The number of piperazine rings is 1. The number of fused-ring (bicyclic) bond motifs is 2. The molecule has 2 rings (SSSR count). The van der Waals surface area contributed by atoms with Crippen LogP contribution in [0.1, 0.15) is 47.0 Å². The summed E-state index contributed by atoms with van der Waals surface area (Å²) in [6.07, 6.45) is -0.0187. The zero-order valence-corrected chi connectivity index (χ0v) is 16.8. The lowest BCUT2D eigenvalue weighted by atomic mass is 9.96. The molecule has 0 radical (unpaired) electrons. The number of hydrogen-bond acceptors (Lipinski definition) is 3. The highest BCUT2D eigenvalue weighted by Gasteiger charge is 2.53. The molecule has 0 aromatic heterocycles. The fourth-order valence-corrected chi connectivity index (χ4v) is 7.60. The van der Waals surface area contributed by atoms with E-state index in [1.807, 2.05) is 6.92 Å². The van der Waals surface area contributed by atoms with Gasteiger partial charge in [0.05, 0.1) is 24.2 Å². The van der Waals surface area contributed by atoms with Crippen molar-refractivity contribution < 1.29 is 24.2 Å². The zero-order chi connectivity index (χ0) is 18.8. The molecule has 2 amide bonds. The molecule has 144 valence electrons. The molecular formula is C17H32N2O5Si. The monoisotopic (exact) mass is 372 g/mol. The Balaban J connectivity index is 2.35. The van der Waals surface area contributed by atoms with Gasteiger partial charge in [0, 0.05) is 6.54 Å². The number of likely N-dealkylation sites (tertiary alicyclic amines) is 1. The molecule has 4 atom stereocenters. The smallest absolute Gasteiger partial charge is 0.407 e. The van der Waals surface area contributed by atoms with Gasteiger partial charge in [0.1, 0.15) is 0 Å². The third-order valence-corrected chi connectivity index (χ3v) is 11.0. The highest BCUT2D eigenvalue weighted by Crippen LogP contribution is 2.38. The summed E-state index contributed by atoms with van der Waals surface area (Å²) in [4.78, 5) is 26.5. The van der Waals surface area contributed by atoms with E-state index in [2.05, 4.69) is 20.8 Å². The summed E-state index contributed by atoms with van der Waals surface area (Å²) in [6.45, 7) is 8.71. The highest BCUT2D eigenvalue weighted by atomic mass is 28.4. The maximum absolute atomic E-state index is 11.9. The third-order valence-electron chi connectivity index (χ3n) is 6.29. The van der Waals surface area contributed by atoms with E-state index in [0.29, 0.717) is 12.8 Å². The molecule has 2 aliphatic rings. The molecule has 0 aromatic carbocycles. The molecule has 2 N–H and O–H groups in total. The molecule has 2 saturated heterocycles. The number of rotatable bonds is 7. The van der Waals surface area contributed by atoms with E-state index >= 15 is 0 Å².